The molecule has 0 amide bonds. The molecule has 1 saturated heterocycles. The number of halogens is 1. The lowest BCUT2D eigenvalue weighted by atomic mass is 9.91. The molecular formula is C16H24ClN3O. The van der Waals surface area contributed by atoms with Gasteiger partial charge >= 0.3 is 0 Å². The second-order valence-electron chi connectivity index (χ2n) is 5.99. The predicted molar refractivity (Wildman–Crippen MR) is 85.9 cm³/mol. The first-order chi connectivity index (χ1) is 10.2. The standard InChI is InChI=1S/C16H24ClN3O/c1-2-19-6-8-20(9-7-19)10-12-11-21-16-13(15(12)18)4-3-5-14(16)17/h3-5,12,15H,2,6-11,18H2,1H3. The van der Waals surface area contributed by atoms with Crippen LogP contribution in [0.2, 0.25) is 5.02 Å². The van der Waals surface area contributed by atoms with E-state index in [0.717, 1.165) is 50.6 Å². The molecular weight excluding hydrogens is 286 g/mol. The van der Waals surface area contributed by atoms with E-state index in [1.54, 1.807) is 0 Å². The number of hydrogen-bond acceptors (Lipinski definition) is 4. The Labute approximate surface area is 131 Å². The van der Waals surface area contributed by atoms with Crippen LogP contribution in [-0.4, -0.2) is 55.7 Å². The van der Waals surface area contributed by atoms with Crippen molar-refractivity contribution >= 4 is 11.6 Å². The molecule has 2 unspecified atom stereocenters. The molecule has 2 aliphatic rings. The molecule has 5 heteroatoms. The van der Waals surface area contributed by atoms with E-state index in [-0.39, 0.29) is 6.04 Å². The van der Waals surface area contributed by atoms with E-state index < -0.39 is 0 Å². The summed E-state index contributed by atoms with van der Waals surface area (Å²) in [7, 11) is 0. The number of piperazine rings is 1. The average molecular weight is 310 g/mol. The van der Waals surface area contributed by atoms with Gasteiger partial charge in [-0.25, -0.2) is 0 Å². The number of likely N-dealkylation sites (N-methyl/N-ethyl adjacent to an activating group) is 1. The Morgan fingerprint density at radius 1 is 1.24 bits per heavy atom. The molecule has 21 heavy (non-hydrogen) atoms. The minimum atomic E-state index is 0.0108. The minimum Gasteiger partial charge on any atom is -0.491 e. The lowest BCUT2D eigenvalue weighted by molar-refractivity contribution is 0.0919. The van der Waals surface area contributed by atoms with Crippen LogP contribution in [0.1, 0.15) is 18.5 Å². The van der Waals surface area contributed by atoms with Crippen molar-refractivity contribution in [1.82, 2.24) is 9.80 Å². The summed E-state index contributed by atoms with van der Waals surface area (Å²) >= 11 is 6.18. The molecule has 2 N–H and O–H groups in total. The summed E-state index contributed by atoms with van der Waals surface area (Å²) < 4.78 is 5.87. The van der Waals surface area contributed by atoms with Crippen LogP contribution in [0.4, 0.5) is 0 Å². The summed E-state index contributed by atoms with van der Waals surface area (Å²) in [4.78, 5) is 5.00. The van der Waals surface area contributed by atoms with Crippen LogP contribution in [0.25, 0.3) is 0 Å². The zero-order valence-corrected chi connectivity index (χ0v) is 13.4. The quantitative estimate of drug-likeness (QED) is 0.927. The van der Waals surface area contributed by atoms with Crippen molar-refractivity contribution in [2.75, 3.05) is 45.9 Å². The van der Waals surface area contributed by atoms with E-state index in [2.05, 4.69) is 16.7 Å². The smallest absolute Gasteiger partial charge is 0.142 e. The van der Waals surface area contributed by atoms with Gasteiger partial charge in [0, 0.05) is 50.2 Å². The van der Waals surface area contributed by atoms with Gasteiger partial charge in [-0.2, -0.15) is 0 Å². The van der Waals surface area contributed by atoms with E-state index in [4.69, 9.17) is 22.1 Å². The number of hydrogen-bond donors (Lipinski definition) is 1. The lowest BCUT2D eigenvalue weighted by Crippen LogP contribution is -2.49. The van der Waals surface area contributed by atoms with E-state index in [9.17, 15) is 0 Å². The first-order valence-corrected chi connectivity index (χ1v) is 8.18. The maximum Gasteiger partial charge on any atom is 0.142 e. The van der Waals surface area contributed by atoms with Gasteiger partial charge in [-0.3, -0.25) is 0 Å². The third-order valence-corrected chi connectivity index (χ3v) is 5.01. The van der Waals surface area contributed by atoms with Gasteiger partial charge in [-0.15, -0.1) is 0 Å². The summed E-state index contributed by atoms with van der Waals surface area (Å²) in [6.07, 6.45) is 0. The maximum atomic E-state index is 6.45. The first-order valence-electron chi connectivity index (χ1n) is 7.80. The normalized spacial score (nSPS) is 27.2. The third kappa shape index (κ3) is 3.19. The summed E-state index contributed by atoms with van der Waals surface area (Å²) in [5, 5.41) is 0.665. The van der Waals surface area contributed by atoms with Crippen molar-refractivity contribution in [3.05, 3.63) is 28.8 Å². The van der Waals surface area contributed by atoms with E-state index >= 15 is 0 Å². The number of nitrogens with two attached hydrogens (primary N) is 1. The van der Waals surface area contributed by atoms with Crippen LogP contribution < -0.4 is 10.5 Å². The highest BCUT2D eigenvalue weighted by molar-refractivity contribution is 6.32. The molecule has 2 aliphatic heterocycles. The van der Waals surface area contributed by atoms with Crippen molar-refractivity contribution in [1.29, 1.82) is 0 Å². The van der Waals surface area contributed by atoms with Crippen LogP contribution in [0.3, 0.4) is 0 Å². The molecule has 0 radical (unpaired) electrons. The Morgan fingerprint density at radius 3 is 2.67 bits per heavy atom. The number of benzene rings is 1. The van der Waals surface area contributed by atoms with Gasteiger partial charge in [0.25, 0.3) is 0 Å². The molecule has 116 valence electrons. The van der Waals surface area contributed by atoms with E-state index in [1.807, 2.05) is 18.2 Å². The monoisotopic (exact) mass is 309 g/mol. The SMILES string of the molecule is CCN1CCN(CC2COc3c(Cl)cccc3C2N)CC1. The van der Waals surface area contributed by atoms with Gasteiger partial charge in [0.15, 0.2) is 0 Å². The summed E-state index contributed by atoms with van der Waals surface area (Å²) in [5.74, 6) is 1.11. The van der Waals surface area contributed by atoms with Gasteiger partial charge in [0.05, 0.1) is 11.6 Å². The van der Waals surface area contributed by atoms with Crippen LogP contribution >= 0.6 is 11.6 Å². The Bertz CT molecular complexity index is 488. The number of rotatable bonds is 3. The molecule has 0 saturated carbocycles. The molecule has 1 aromatic carbocycles. The van der Waals surface area contributed by atoms with Gasteiger partial charge in [0.2, 0.25) is 0 Å². The van der Waals surface area contributed by atoms with E-state index in [1.165, 1.54) is 0 Å². The van der Waals surface area contributed by atoms with Crippen molar-refractivity contribution in [2.45, 2.75) is 13.0 Å². The molecule has 0 aliphatic carbocycles. The average Bonchev–Trinajstić information content (AvgIpc) is 2.51. The first kappa shape index (κ1) is 15.1. The Balaban J connectivity index is 1.63. The summed E-state index contributed by atoms with van der Waals surface area (Å²) in [6, 6.07) is 5.86. The molecule has 0 spiro atoms. The second kappa shape index (κ2) is 6.53. The number of para-hydroxylation sites is 1. The minimum absolute atomic E-state index is 0.0108. The molecule has 2 atom stereocenters. The Hall–Kier alpha value is -0.810. The molecule has 0 aromatic heterocycles. The highest BCUT2D eigenvalue weighted by Crippen LogP contribution is 2.39. The van der Waals surface area contributed by atoms with Crippen LogP contribution in [0.5, 0.6) is 5.75 Å². The zero-order valence-electron chi connectivity index (χ0n) is 12.6. The van der Waals surface area contributed by atoms with Gasteiger partial charge in [0.1, 0.15) is 5.75 Å². The molecule has 1 aromatic rings. The van der Waals surface area contributed by atoms with Crippen molar-refractivity contribution < 1.29 is 4.74 Å². The number of fused-ring (bicyclic) bond motifs is 1. The fourth-order valence-corrected chi connectivity index (χ4v) is 3.51. The number of ether oxygens (including phenoxy) is 1. The van der Waals surface area contributed by atoms with Crippen molar-refractivity contribution in [2.24, 2.45) is 11.7 Å². The zero-order chi connectivity index (χ0) is 14.8. The largest absolute Gasteiger partial charge is 0.491 e. The number of nitrogens with zero attached hydrogens (tertiary/aromatic N) is 2. The Morgan fingerprint density at radius 2 is 1.95 bits per heavy atom. The molecule has 1 fully saturated rings. The van der Waals surface area contributed by atoms with Gasteiger partial charge < -0.3 is 20.3 Å². The fourth-order valence-electron chi connectivity index (χ4n) is 3.27. The van der Waals surface area contributed by atoms with Gasteiger partial charge in [-0.05, 0) is 12.6 Å². The van der Waals surface area contributed by atoms with E-state index in [0.29, 0.717) is 17.5 Å². The molecule has 0 bridgehead atoms. The summed E-state index contributed by atoms with van der Waals surface area (Å²) in [6.45, 7) is 9.59. The third-order valence-electron chi connectivity index (χ3n) is 4.71. The fraction of sp³-hybridized carbons (Fsp3) is 0.625. The summed E-state index contributed by atoms with van der Waals surface area (Å²) in [5.41, 5.74) is 7.50. The highest BCUT2D eigenvalue weighted by atomic mass is 35.5. The van der Waals surface area contributed by atoms with Crippen molar-refractivity contribution in [3.63, 3.8) is 0 Å². The molecule has 2 heterocycles. The van der Waals surface area contributed by atoms with Gasteiger partial charge in [-0.1, -0.05) is 30.7 Å². The molecule has 3 rings (SSSR count). The topological polar surface area (TPSA) is 41.7 Å². The Kier molecular flexibility index (Phi) is 4.69. The van der Waals surface area contributed by atoms with Crippen LogP contribution in [0.15, 0.2) is 18.2 Å². The van der Waals surface area contributed by atoms with Crippen molar-refractivity contribution in [3.8, 4) is 5.75 Å². The lowest BCUT2D eigenvalue weighted by Gasteiger charge is -2.39. The molecule has 4 nitrogen and oxygen atoms in total. The van der Waals surface area contributed by atoms with Crippen LogP contribution in [0, 0.1) is 5.92 Å². The maximum absolute atomic E-state index is 6.45. The second-order valence-corrected chi connectivity index (χ2v) is 6.40. The van der Waals surface area contributed by atoms with Crippen LogP contribution in [-0.2, 0) is 0 Å². The highest BCUT2D eigenvalue weighted by Gasteiger charge is 2.31. The predicted octanol–water partition coefficient (Wildman–Crippen LogP) is 1.99.